The molecular formula is C124H178N6O16. The lowest BCUT2D eigenvalue weighted by Gasteiger charge is -2.34. The Hall–Kier alpha value is -12.1. The fraction of sp³-hybridized carbons (Fsp3) is 0.524. The maximum atomic E-state index is 14.2. The van der Waals surface area contributed by atoms with Crippen molar-refractivity contribution in [3.63, 3.8) is 0 Å². The van der Waals surface area contributed by atoms with Crippen molar-refractivity contribution < 1.29 is 76.8 Å². The molecule has 7 aromatic rings. The Balaban J connectivity index is 0.000000425. The number of aryl methyl sites for hydroxylation is 3. The number of ether oxygens (including phenoxy) is 4. The molecule has 0 spiro atoms. The second-order valence-electron chi connectivity index (χ2n) is 45.9. The van der Waals surface area contributed by atoms with Crippen LogP contribution in [-0.4, -0.2) is 111 Å². The quantitative estimate of drug-likeness (QED) is 0.0106. The number of hydrogen-bond acceptors (Lipinski definition) is 15. The molecule has 0 fully saturated rings. The van der Waals surface area contributed by atoms with Gasteiger partial charge in [0.15, 0.2) is 0 Å². The first kappa shape index (κ1) is 126. The molecule has 0 saturated carbocycles. The zero-order valence-electron chi connectivity index (χ0n) is 93.7. The molecule has 0 aliphatic rings. The van der Waals surface area contributed by atoms with E-state index >= 15 is 0 Å². The van der Waals surface area contributed by atoms with Crippen molar-refractivity contribution >= 4 is 71.4 Å². The van der Waals surface area contributed by atoms with Gasteiger partial charge in [-0.15, -0.1) is 13.2 Å². The SMILES string of the molecule is C=CC[C@@H](C(=O)N[C@H](C(=O)N[C@H](C)c1ccccc1)C(C)(C)C)[C@H](CCC)C(=O)OC(C)(C)C.C=CC[C@@H](C(=O)O)[C@H](CCC)C(=O)OC(C)(C)C.CCC[C@H](C(=O)OC(C)(C)C)[C@@H](C/C=C/c1ccc(-c2ccccc2)c(C)c1)C(=O)N[C@H](C(=O)N[C@H](C)c1ccccc1)C(C)(C)C.CCC[C@H](C(=O)OC(C)(C)C)[C@@H](CCCc1ccc(-c2ccccc2)c(C)c1)C(=O)N[C@H](C(=O)N[C@H](C)c1ccccc1)C(C)(C)C. The van der Waals surface area contributed by atoms with Crippen LogP contribution in [0.1, 0.15) is 334 Å². The maximum Gasteiger partial charge on any atom is 0.310 e. The van der Waals surface area contributed by atoms with Crippen LogP contribution in [0, 0.1) is 77.4 Å². The first-order valence-electron chi connectivity index (χ1n) is 52.4. The van der Waals surface area contributed by atoms with E-state index in [9.17, 15) is 57.8 Å². The summed E-state index contributed by atoms with van der Waals surface area (Å²) in [5.41, 5.74) is 7.88. The number of esters is 4. The van der Waals surface area contributed by atoms with Gasteiger partial charge in [-0.25, -0.2) is 0 Å². The van der Waals surface area contributed by atoms with Gasteiger partial charge in [-0.1, -0.05) is 328 Å². The minimum atomic E-state index is -0.973. The van der Waals surface area contributed by atoms with Crippen molar-refractivity contribution in [2.75, 3.05) is 0 Å². The van der Waals surface area contributed by atoms with E-state index in [0.29, 0.717) is 57.8 Å². The minimum absolute atomic E-state index is 0.214. The van der Waals surface area contributed by atoms with Gasteiger partial charge in [0, 0.05) is 0 Å². The molecule has 22 nitrogen and oxygen atoms in total. The van der Waals surface area contributed by atoms with E-state index in [1.54, 1.807) is 26.8 Å². The lowest BCUT2D eigenvalue weighted by molar-refractivity contribution is -0.167. The van der Waals surface area contributed by atoms with Crippen molar-refractivity contribution in [3.8, 4) is 22.3 Å². The average Bonchev–Trinajstić information content (AvgIpc) is 0.817. The monoisotopic (exact) mass is 2010 g/mol. The predicted octanol–water partition coefficient (Wildman–Crippen LogP) is 26.0. The van der Waals surface area contributed by atoms with Crippen LogP contribution in [0.2, 0.25) is 0 Å². The summed E-state index contributed by atoms with van der Waals surface area (Å²) in [5, 5.41) is 27.5. The summed E-state index contributed by atoms with van der Waals surface area (Å²) in [5.74, 6) is -9.61. The van der Waals surface area contributed by atoms with Gasteiger partial charge in [-0.2, -0.15) is 0 Å². The number of aliphatic carboxylic acids is 1. The molecule has 0 unspecified atom stereocenters. The third kappa shape index (κ3) is 44.3. The lowest BCUT2D eigenvalue weighted by atomic mass is 9.81. The molecule has 146 heavy (non-hydrogen) atoms. The van der Waals surface area contributed by atoms with Crippen LogP contribution in [0.25, 0.3) is 28.3 Å². The number of hydrogen-bond donors (Lipinski definition) is 7. The van der Waals surface area contributed by atoms with E-state index in [-0.39, 0.29) is 66.0 Å². The number of rotatable bonds is 45. The number of nitrogens with one attached hydrogen (secondary N) is 6. The second-order valence-corrected chi connectivity index (χ2v) is 45.9. The summed E-state index contributed by atoms with van der Waals surface area (Å²) in [4.78, 5) is 146. The molecule has 0 aliphatic carbocycles. The van der Waals surface area contributed by atoms with Gasteiger partial charge >= 0.3 is 29.8 Å². The van der Waals surface area contributed by atoms with Gasteiger partial charge in [-0.05, 0) is 259 Å². The third-order valence-corrected chi connectivity index (χ3v) is 25.0. The Kier molecular flexibility index (Phi) is 51.6. The van der Waals surface area contributed by atoms with Crippen molar-refractivity contribution in [2.24, 2.45) is 63.6 Å². The molecule has 0 bridgehead atoms. The fourth-order valence-corrected chi connectivity index (χ4v) is 17.5. The first-order chi connectivity index (χ1) is 68.1. The van der Waals surface area contributed by atoms with Crippen molar-refractivity contribution in [2.45, 2.75) is 356 Å². The Morgan fingerprint density at radius 3 is 0.877 bits per heavy atom. The Bertz CT molecular complexity index is 5300. The van der Waals surface area contributed by atoms with E-state index in [1.807, 2.05) is 313 Å². The van der Waals surface area contributed by atoms with Crippen LogP contribution in [0.5, 0.6) is 0 Å². The van der Waals surface area contributed by atoms with Gasteiger partial charge in [-0.3, -0.25) is 52.7 Å². The van der Waals surface area contributed by atoms with Gasteiger partial charge in [0.05, 0.1) is 65.5 Å². The number of allylic oxidation sites excluding steroid dienone is 3. The summed E-state index contributed by atoms with van der Waals surface area (Å²) in [6.45, 7) is 64.3. The average molecular weight is 2010 g/mol. The maximum absolute atomic E-state index is 14.2. The van der Waals surface area contributed by atoms with E-state index in [4.69, 9.17) is 18.9 Å². The Labute approximate surface area is 875 Å². The molecule has 0 aliphatic heterocycles. The summed E-state index contributed by atoms with van der Waals surface area (Å²) in [6, 6.07) is 59.5. The zero-order valence-corrected chi connectivity index (χ0v) is 93.7. The summed E-state index contributed by atoms with van der Waals surface area (Å²) in [7, 11) is 0. The highest BCUT2D eigenvalue weighted by Gasteiger charge is 2.45. The van der Waals surface area contributed by atoms with Crippen molar-refractivity contribution in [1.82, 2.24) is 31.9 Å². The van der Waals surface area contributed by atoms with Crippen LogP contribution in [0.4, 0.5) is 0 Å². The Morgan fingerprint density at radius 2 is 0.596 bits per heavy atom. The van der Waals surface area contributed by atoms with Gasteiger partial charge < -0.3 is 56.0 Å². The standard InChI is InChI=1S/C41H56N2O4.C41H54N2O4.C28H44N2O4.C14H24O4/c2*1-10-18-35(39(46)47-41(7,8)9)34(24-17-19-30-25-26-33(28(2)27-30)32-22-15-12-16-23-32)37(44)43-36(40(4,5)6)38(45)42-29(3)31-20-13-11-14-21-31;1-10-15-21(22(16-11-2)26(33)34-28(7,8)9)24(31)30-23(27(4,5)6)25(32)29-19(3)20-17-13-12-14-18-20;1-6-8-10(12(15)16)11(9-7-2)13(17)18-14(3,4)5/h11-16,20-23,25-27,29,34-36H,10,17-19,24H2,1-9H3,(H,42,45)(H,43,44);11-17,19-23,25-27,29,34-36H,10,18,24H2,1-9H3,(H,42,45)(H,43,44);10,12-14,17-19,21-23H,1,11,15-16H2,2-9H3,(H,29,32)(H,30,31);6,10-11H,1,7-9H2,2-5H3,(H,15,16)/b;19-17+;;/t2*29-,34-,35+,36-;19-,21-,22+,23-;10-,11+/m1111/s1. The van der Waals surface area contributed by atoms with E-state index in [0.717, 1.165) is 59.1 Å². The van der Waals surface area contributed by atoms with Gasteiger partial charge in [0.1, 0.15) is 40.5 Å². The van der Waals surface area contributed by atoms with Crippen LogP contribution < -0.4 is 31.9 Å². The van der Waals surface area contributed by atoms with Crippen molar-refractivity contribution in [3.05, 3.63) is 258 Å². The number of carbonyl (C=O) groups excluding carboxylic acids is 10. The number of carboxylic acids is 1. The van der Waals surface area contributed by atoms with Gasteiger partial charge in [0.25, 0.3) is 0 Å². The molecule has 22 heteroatoms. The van der Waals surface area contributed by atoms with Gasteiger partial charge in [0.2, 0.25) is 35.4 Å². The normalized spacial score (nSPS) is 14.7. The summed E-state index contributed by atoms with van der Waals surface area (Å²) in [6.07, 6.45) is 14.9. The number of carbonyl (C=O) groups is 11. The fourth-order valence-electron chi connectivity index (χ4n) is 17.5. The third-order valence-electron chi connectivity index (χ3n) is 25.0. The van der Waals surface area contributed by atoms with Crippen molar-refractivity contribution in [1.29, 1.82) is 0 Å². The van der Waals surface area contributed by atoms with E-state index < -0.39 is 128 Å². The smallest absolute Gasteiger partial charge is 0.310 e. The largest absolute Gasteiger partial charge is 0.481 e. The first-order valence-corrected chi connectivity index (χ1v) is 52.4. The minimum Gasteiger partial charge on any atom is -0.481 e. The van der Waals surface area contributed by atoms with Crippen LogP contribution in [0.3, 0.4) is 0 Å². The highest BCUT2D eigenvalue weighted by molar-refractivity contribution is 5.94. The molecule has 800 valence electrons. The van der Waals surface area contributed by atoms with Crippen LogP contribution >= 0.6 is 0 Å². The molecule has 0 aromatic heterocycles. The molecular weight excluding hydrogens is 1830 g/mol. The molecule has 0 heterocycles. The highest BCUT2D eigenvalue weighted by Crippen LogP contribution is 2.37. The van der Waals surface area contributed by atoms with Crippen LogP contribution in [-0.2, 0) is 78.1 Å². The molecule has 7 rings (SSSR count). The van der Waals surface area contributed by atoms with E-state index in [2.05, 4.69) is 120 Å². The Morgan fingerprint density at radius 1 is 0.322 bits per heavy atom. The molecule has 7 N–H and O–H groups in total. The van der Waals surface area contributed by atoms with E-state index in [1.165, 1.54) is 33.9 Å². The lowest BCUT2D eigenvalue weighted by Crippen LogP contribution is -2.56. The zero-order chi connectivity index (χ0) is 110. The molecule has 0 saturated heterocycles. The van der Waals surface area contributed by atoms with Crippen LogP contribution in [0.15, 0.2) is 219 Å². The summed E-state index contributed by atoms with van der Waals surface area (Å²) < 4.78 is 22.6. The molecule has 0 radical (unpaired) electrons. The molecule has 6 amide bonds. The number of amides is 6. The summed E-state index contributed by atoms with van der Waals surface area (Å²) >= 11 is 0. The topological polar surface area (TPSA) is 317 Å². The number of benzene rings is 7. The highest BCUT2D eigenvalue weighted by atomic mass is 16.6. The molecule has 7 aromatic carbocycles. The molecule has 14 atom stereocenters. The second kappa shape index (κ2) is 59.7. The predicted molar refractivity (Wildman–Crippen MR) is 591 cm³/mol. The number of carboxylic acid groups (broad SMARTS) is 1.